The Kier molecular flexibility index (Phi) is 4.32. The van der Waals surface area contributed by atoms with Crippen LogP contribution < -0.4 is 15.6 Å². The Bertz CT molecular complexity index is 697. The monoisotopic (exact) mass is 330 g/mol. The zero-order valence-corrected chi connectivity index (χ0v) is 12.1. The van der Waals surface area contributed by atoms with Gasteiger partial charge < -0.3 is 20.4 Å². The lowest BCUT2D eigenvalue weighted by atomic mass is 10.0. The molecule has 2 rings (SSSR count). The van der Waals surface area contributed by atoms with Gasteiger partial charge in [0, 0.05) is 11.6 Å². The molecule has 1 aromatic carbocycles. The lowest BCUT2D eigenvalue weighted by molar-refractivity contribution is -0.254. The number of aromatic carboxylic acids is 1. The predicted molar refractivity (Wildman–Crippen MR) is 73.5 cm³/mol. The molecule has 0 amide bonds. The minimum atomic E-state index is -4.53. The molecule has 1 heterocycles. The molecular weight excluding hydrogens is 319 g/mol. The van der Waals surface area contributed by atoms with Crippen molar-refractivity contribution >= 4 is 22.3 Å². The van der Waals surface area contributed by atoms with Gasteiger partial charge in [-0.15, -0.1) is 11.3 Å². The second-order valence-electron chi connectivity index (χ2n) is 4.47. The first kappa shape index (κ1) is 16.2. The highest BCUT2D eigenvalue weighted by atomic mass is 32.1. The van der Waals surface area contributed by atoms with Crippen molar-refractivity contribution in [2.75, 3.05) is 5.73 Å². The number of halogens is 3. The van der Waals surface area contributed by atoms with Crippen molar-refractivity contribution in [3.63, 3.8) is 0 Å². The summed E-state index contributed by atoms with van der Waals surface area (Å²) in [6.45, 7) is 1.40. The lowest BCUT2D eigenvalue weighted by Gasteiger charge is -2.20. The van der Waals surface area contributed by atoms with Crippen LogP contribution in [-0.2, 0) is 6.18 Å². The summed E-state index contributed by atoms with van der Waals surface area (Å²) in [7, 11) is 0. The zero-order chi connectivity index (χ0) is 16.5. The summed E-state index contributed by atoms with van der Waals surface area (Å²) in [5.41, 5.74) is 4.57. The van der Waals surface area contributed by atoms with Gasteiger partial charge in [-0.05, 0) is 13.0 Å². The topological polar surface area (TPSA) is 75.4 Å². The second-order valence-corrected chi connectivity index (χ2v) is 5.56. The number of hydrogen-bond donors (Lipinski definition) is 1. The number of anilines is 1. The van der Waals surface area contributed by atoms with E-state index in [9.17, 15) is 23.1 Å². The largest absolute Gasteiger partial charge is 0.544 e. The number of benzene rings is 1. The summed E-state index contributed by atoms with van der Waals surface area (Å²) in [6.07, 6.45) is -5.54. The van der Waals surface area contributed by atoms with Crippen molar-refractivity contribution in [3.05, 3.63) is 46.3 Å². The van der Waals surface area contributed by atoms with E-state index in [0.29, 0.717) is 0 Å². The first-order chi connectivity index (χ1) is 10.2. The second kappa shape index (κ2) is 5.88. The van der Waals surface area contributed by atoms with E-state index in [-0.39, 0.29) is 21.2 Å². The molecule has 0 bridgehead atoms. The van der Waals surface area contributed by atoms with E-state index in [1.54, 1.807) is 0 Å². The van der Waals surface area contributed by atoms with Gasteiger partial charge in [-0.3, -0.25) is 0 Å². The van der Waals surface area contributed by atoms with Crippen LogP contribution in [0.4, 0.5) is 18.2 Å². The van der Waals surface area contributed by atoms with Gasteiger partial charge in [0.05, 0.1) is 21.4 Å². The summed E-state index contributed by atoms with van der Waals surface area (Å²) in [6, 6.07) is 6.20. The van der Waals surface area contributed by atoms with Crippen LogP contribution in [0.2, 0.25) is 0 Å². The predicted octanol–water partition coefficient (Wildman–Crippen LogP) is 2.85. The van der Waals surface area contributed by atoms with Crippen LogP contribution in [0.5, 0.6) is 5.75 Å². The molecule has 22 heavy (non-hydrogen) atoms. The van der Waals surface area contributed by atoms with Crippen molar-refractivity contribution in [2.24, 2.45) is 0 Å². The first-order valence-electron chi connectivity index (χ1n) is 6.13. The lowest BCUT2D eigenvalue weighted by Crippen LogP contribution is -2.22. The van der Waals surface area contributed by atoms with Gasteiger partial charge in [0.15, 0.2) is 0 Å². The maximum absolute atomic E-state index is 13.0. The normalized spacial score (nSPS) is 12.9. The molecule has 0 aliphatic carbocycles. The third kappa shape index (κ3) is 3.33. The summed E-state index contributed by atoms with van der Waals surface area (Å²) in [5, 5.41) is 11.1. The van der Waals surface area contributed by atoms with E-state index in [1.807, 2.05) is 0 Å². The minimum absolute atomic E-state index is 0.0935. The van der Waals surface area contributed by atoms with E-state index in [0.717, 1.165) is 17.4 Å². The Morgan fingerprint density at radius 1 is 1.36 bits per heavy atom. The molecule has 4 nitrogen and oxygen atoms in total. The number of carboxylic acids is 1. The summed E-state index contributed by atoms with van der Waals surface area (Å²) in [4.78, 5) is 10.7. The molecule has 0 saturated carbocycles. The third-order valence-corrected chi connectivity index (χ3v) is 3.84. The zero-order valence-electron chi connectivity index (χ0n) is 11.3. The molecule has 0 aliphatic rings. The number of carbonyl (C=O) groups excluding carboxylic acids is 1. The van der Waals surface area contributed by atoms with Crippen LogP contribution in [0.25, 0.3) is 0 Å². The van der Waals surface area contributed by atoms with E-state index >= 15 is 0 Å². The van der Waals surface area contributed by atoms with E-state index in [4.69, 9.17) is 10.5 Å². The quantitative estimate of drug-likeness (QED) is 0.935. The summed E-state index contributed by atoms with van der Waals surface area (Å²) < 4.78 is 44.3. The molecule has 2 N–H and O–H groups in total. The molecule has 8 heteroatoms. The number of nitrogen functional groups attached to an aromatic ring is 1. The van der Waals surface area contributed by atoms with Gasteiger partial charge >= 0.3 is 6.18 Å². The van der Waals surface area contributed by atoms with Gasteiger partial charge in [0.2, 0.25) is 0 Å². The maximum Gasteiger partial charge on any atom is 0.416 e. The van der Waals surface area contributed by atoms with Crippen LogP contribution in [0, 0.1) is 0 Å². The Hall–Kier alpha value is -2.22. The number of ether oxygens (including phenoxy) is 1. The molecule has 0 radical (unpaired) electrons. The molecule has 2 aromatic rings. The van der Waals surface area contributed by atoms with Crippen LogP contribution in [0.1, 0.15) is 33.8 Å². The number of thiophene rings is 1. The van der Waals surface area contributed by atoms with Crippen LogP contribution in [0.15, 0.2) is 30.3 Å². The number of rotatable bonds is 4. The van der Waals surface area contributed by atoms with Crippen LogP contribution in [-0.4, -0.2) is 5.97 Å². The highest BCUT2D eigenvalue weighted by Crippen LogP contribution is 2.38. The SMILES string of the molecule is C[C@@H](Oc1cc(N)sc1C(=O)[O-])c1ccccc1C(F)(F)F. The van der Waals surface area contributed by atoms with Crippen LogP contribution >= 0.6 is 11.3 Å². The Morgan fingerprint density at radius 2 is 2.00 bits per heavy atom. The molecular formula is C14H11F3NO3S-. The molecule has 0 spiro atoms. The number of alkyl halides is 3. The fourth-order valence-corrected chi connectivity index (χ4v) is 2.68. The number of carboxylic acid groups (broad SMARTS) is 1. The van der Waals surface area contributed by atoms with Gasteiger partial charge in [-0.1, -0.05) is 18.2 Å². The fourth-order valence-electron chi connectivity index (χ4n) is 1.99. The standard InChI is InChI=1S/C14H12F3NO3S/c1-7(8-4-2-3-5-9(8)14(15,16)17)21-10-6-11(18)22-12(10)13(19)20/h2-7H,18H2,1H3,(H,19,20)/p-1/t7-/m1/s1. The third-order valence-electron chi connectivity index (χ3n) is 2.91. The van der Waals surface area contributed by atoms with E-state index in [1.165, 1.54) is 31.2 Å². The number of nitrogens with two attached hydrogens (primary N) is 1. The molecule has 0 fully saturated rings. The molecule has 1 aromatic heterocycles. The van der Waals surface area contributed by atoms with Gasteiger partial charge in [0.25, 0.3) is 0 Å². The summed E-state index contributed by atoms with van der Waals surface area (Å²) >= 11 is 0.738. The van der Waals surface area contributed by atoms with Gasteiger partial charge in [-0.25, -0.2) is 0 Å². The average Bonchev–Trinajstić information content (AvgIpc) is 2.79. The molecule has 0 unspecified atom stereocenters. The Balaban J connectivity index is 2.35. The molecule has 0 aliphatic heterocycles. The van der Waals surface area contributed by atoms with Crippen molar-refractivity contribution < 1.29 is 27.8 Å². The van der Waals surface area contributed by atoms with Crippen molar-refractivity contribution in [1.82, 2.24) is 0 Å². The highest BCUT2D eigenvalue weighted by Gasteiger charge is 2.34. The molecule has 0 saturated heterocycles. The Labute approximate surface area is 127 Å². The highest BCUT2D eigenvalue weighted by molar-refractivity contribution is 7.18. The van der Waals surface area contributed by atoms with E-state index < -0.39 is 23.8 Å². The van der Waals surface area contributed by atoms with Crippen molar-refractivity contribution in [1.29, 1.82) is 0 Å². The summed E-state index contributed by atoms with van der Waals surface area (Å²) in [5.74, 6) is -1.60. The number of carbonyl (C=O) groups is 1. The Morgan fingerprint density at radius 3 is 2.59 bits per heavy atom. The minimum Gasteiger partial charge on any atom is -0.544 e. The van der Waals surface area contributed by atoms with Crippen molar-refractivity contribution in [2.45, 2.75) is 19.2 Å². The van der Waals surface area contributed by atoms with E-state index in [2.05, 4.69) is 0 Å². The van der Waals surface area contributed by atoms with Gasteiger partial charge in [-0.2, -0.15) is 13.2 Å². The van der Waals surface area contributed by atoms with Crippen molar-refractivity contribution in [3.8, 4) is 5.75 Å². The van der Waals surface area contributed by atoms with Gasteiger partial charge in [0.1, 0.15) is 11.9 Å². The maximum atomic E-state index is 13.0. The average molecular weight is 330 g/mol. The van der Waals surface area contributed by atoms with Crippen LogP contribution in [0.3, 0.4) is 0 Å². The molecule has 118 valence electrons. The molecule has 1 atom stereocenters. The number of hydrogen-bond acceptors (Lipinski definition) is 5. The smallest absolute Gasteiger partial charge is 0.416 e. The first-order valence-corrected chi connectivity index (χ1v) is 6.95. The fraction of sp³-hybridized carbons (Fsp3) is 0.214.